The third-order valence-electron chi connectivity index (χ3n) is 6.32. The van der Waals surface area contributed by atoms with Crippen LogP contribution in [-0.4, -0.2) is 41.3 Å². The van der Waals surface area contributed by atoms with E-state index in [1.807, 2.05) is 24.3 Å². The largest absolute Gasteiger partial charge is 0.493 e. The summed E-state index contributed by atoms with van der Waals surface area (Å²) in [6.45, 7) is 6.08. The fourth-order valence-corrected chi connectivity index (χ4v) is 4.32. The number of ether oxygens (including phenoxy) is 1. The van der Waals surface area contributed by atoms with Gasteiger partial charge in [-0.15, -0.1) is 0 Å². The van der Waals surface area contributed by atoms with Crippen LogP contribution in [0.2, 0.25) is 0 Å². The molecule has 1 heterocycles. The van der Waals surface area contributed by atoms with Gasteiger partial charge < -0.3 is 24.9 Å². The van der Waals surface area contributed by atoms with Gasteiger partial charge in [0.2, 0.25) is 0 Å². The number of amides is 1. The van der Waals surface area contributed by atoms with Gasteiger partial charge in [0.05, 0.1) is 18.9 Å². The summed E-state index contributed by atoms with van der Waals surface area (Å²) in [7, 11) is 0. The summed E-state index contributed by atoms with van der Waals surface area (Å²) >= 11 is 0. The Morgan fingerprint density at radius 1 is 1.08 bits per heavy atom. The van der Waals surface area contributed by atoms with E-state index in [-0.39, 0.29) is 11.9 Å². The van der Waals surface area contributed by atoms with Crippen LogP contribution in [0.4, 0.5) is 0 Å². The van der Waals surface area contributed by atoms with Gasteiger partial charge >= 0.3 is 5.91 Å². The van der Waals surface area contributed by atoms with Crippen LogP contribution in [0.25, 0.3) is 0 Å². The molecule has 0 bridgehead atoms. The van der Waals surface area contributed by atoms with E-state index in [1.54, 1.807) is 0 Å². The molecule has 7 nitrogen and oxygen atoms in total. The Labute approximate surface area is 220 Å². The summed E-state index contributed by atoms with van der Waals surface area (Å²) in [5.74, 6) is 0.427. The lowest BCUT2D eigenvalue weighted by Crippen LogP contribution is -2.41. The molecule has 1 amide bonds. The first-order chi connectivity index (χ1) is 18.1. The number of aromatic nitrogens is 1. The second-order valence-electron chi connectivity index (χ2n) is 9.42. The minimum atomic E-state index is -0.647. The number of benzene rings is 2. The summed E-state index contributed by atoms with van der Waals surface area (Å²) in [5, 5.41) is 17.2. The lowest BCUT2D eigenvalue weighted by molar-refractivity contribution is 0.0875. The molecule has 0 aliphatic carbocycles. The number of aryl methyl sites for hydroxylation is 1. The van der Waals surface area contributed by atoms with E-state index in [4.69, 9.17) is 9.15 Å². The predicted octanol–water partition coefficient (Wildman–Crippen LogP) is 5.08. The van der Waals surface area contributed by atoms with E-state index < -0.39 is 12.0 Å². The Kier molecular flexibility index (Phi) is 12.2. The van der Waals surface area contributed by atoms with Crippen LogP contribution in [0.5, 0.6) is 5.75 Å². The van der Waals surface area contributed by atoms with E-state index in [0.717, 1.165) is 30.6 Å². The number of hydrogen-bond donors (Lipinski definition) is 3. The van der Waals surface area contributed by atoms with Crippen LogP contribution in [-0.2, 0) is 19.4 Å². The molecule has 3 aromatic rings. The number of carbonyl (C=O) groups excluding carboxylic acids is 1. The van der Waals surface area contributed by atoms with Crippen molar-refractivity contribution < 1.29 is 19.1 Å². The molecule has 200 valence electrons. The minimum Gasteiger partial charge on any atom is -0.493 e. The number of nitrogens with zero attached hydrogens (tertiary/aromatic N) is 1. The maximum atomic E-state index is 12.7. The fourth-order valence-electron chi connectivity index (χ4n) is 4.32. The highest BCUT2D eigenvalue weighted by atomic mass is 16.5. The van der Waals surface area contributed by atoms with Crippen molar-refractivity contribution in [2.75, 3.05) is 13.2 Å². The van der Waals surface area contributed by atoms with E-state index in [9.17, 15) is 9.90 Å². The van der Waals surface area contributed by atoms with Crippen molar-refractivity contribution in [2.24, 2.45) is 0 Å². The average molecular weight is 508 g/mol. The van der Waals surface area contributed by atoms with Crippen molar-refractivity contribution in [3.8, 4) is 5.75 Å². The lowest BCUT2D eigenvalue weighted by atomic mass is 9.99. The standard InChI is InChI=1S/C30H41N3O4/c1-3-5-6-9-16-36-28-14-8-7-13-25(28)19-26(33-29(35)30-32-15-17-37-30)20-27(34)22-31-21-24-12-10-11-23(4-2)18-24/h7-8,10-15,17-18,26-27,31,34H,3-6,9,16,19-22H2,1-2H3,(H,33,35). The zero-order valence-corrected chi connectivity index (χ0v) is 22.1. The van der Waals surface area contributed by atoms with Gasteiger partial charge in [-0.3, -0.25) is 4.79 Å². The Morgan fingerprint density at radius 2 is 1.92 bits per heavy atom. The normalized spacial score (nSPS) is 12.7. The number of aliphatic hydroxyl groups excluding tert-OH is 1. The van der Waals surface area contributed by atoms with E-state index in [2.05, 4.69) is 53.7 Å². The van der Waals surface area contributed by atoms with Crippen molar-refractivity contribution in [2.45, 2.75) is 77.5 Å². The van der Waals surface area contributed by atoms with Crippen molar-refractivity contribution in [3.63, 3.8) is 0 Å². The molecule has 0 aliphatic heterocycles. The number of para-hydroxylation sites is 1. The molecule has 1 aromatic heterocycles. The van der Waals surface area contributed by atoms with E-state index in [1.165, 1.54) is 36.4 Å². The van der Waals surface area contributed by atoms with Gasteiger partial charge in [0, 0.05) is 19.1 Å². The van der Waals surface area contributed by atoms with Gasteiger partial charge in [-0.25, -0.2) is 4.98 Å². The molecule has 0 spiro atoms. The molecule has 3 rings (SSSR count). The first-order valence-electron chi connectivity index (χ1n) is 13.5. The maximum absolute atomic E-state index is 12.7. The SMILES string of the molecule is CCCCCCOc1ccccc1CC(CC(O)CNCc1cccc(CC)c1)NC(=O)c1ncco1. The zero-order valence-electron chi connectivity index (χ0n) is 22.1. The molecule has 2 aromatic carbocycles. The number of aliphatic hydroxyl groups is 1. The minimum absolute atomic E-state index is 0.00822. The van der Waals surface area contributed by atoms with Crippen LogP contribution >= 0.6 is 0 Å². The summed E-state index contributed by atoms with van der Waals surface area (Å²) < 4.78 is 11.3. The fraction of sp³-hybridized carbons (Fsp3) is 0.467. The average Bonchev–Trinajstić information content (AvgIpc) is 3.45. The monoisotopic (exact) mass is 507 g/mol. The first-order valence-corrected chi connectivity index (χ1v) is 13.5. The molecule has 0 fully saturated rings. The number of oxazole rings is 1. The molecule has 37 heavy (non-hydrogen) atoms. The van der Waals surface area contributed by atoms with Crippen LogP contribution in [0.3, 0.4) is 0 Å². The smallest absolute Gasteiger partial charge is 0.307 e. The Morgan fingerprint density at radius 3 is 2.70 bits per heavy atom. The number of hydrogen-bond acceptors (Lipinski definition) is 6. The van der Waals surface area contributed by atoms with Crippen LogP contribution < -0.4 is 15.4 Å². The van der Waals surface area contributed by atoms with Crippen LogP contribution in [0.15, 0.2) is 65.4 Å². The Bertz CT molecular complexity index is 1050. The van der Waals surface area contributed by atoms with Gasteiger partial charge in [0.15, 0.2) is 0 Å². The zero-order chi connectivity index (χ0) is 26.3. The number of nitrogens with one attached hydrogen (secondary N) is 2. The summed E-state index contributed by atoms with van der Waals surface area (Å²) in [5.41, 5.74) is 3.47. The highest BCUT2D eigenvalue weighted by molar-refractivity contribution is 5.89. The molecule has 0 radical (unpaired) electrons. The highest BCUT2D eigenvalue weighted by Gasteiger charge is 2.22. The van der Waals surface area contributed by atoms with E-state index >= 15 is 0 Å². The van der Waals surface area contributed by atoms with Crippen molar-refractivity contribution in [3.05, 3.63) is 83.6 Å². The first kappa shape index (κ1) is 28.4. The summed E-state index contributed by atoms with van der Waals surface area (Å²) in [6.07, 6.45) is 8.61. The third kappa shape index (κ3) is 10.0. The predicted molar refractivity (Wildman–Crippen MR) is 146 cm³/mol. The van der Waals surface area contributed by atoms with Crippen molar-refractivity contribution in [1.29, 1.82) is 0 Å². The molecular weight excluding hydrogens is 466 g/mol. The van der Waals surface area contributed by atoms with Crippen LogP contribution in [0, 0.1) is 0 Å². The molecule has 2 unspecified atom stereocenters. The number of rotatable bonds is 17. The van der Waals surface area contributed by atoms with Gasteiger partial charge in [-0.2, -0.15) is 0 Å². The van der Waals surface area contributed by atoms with Gasteiger partial charge in [0.25, 0.3) is 5.89 Å². The Balaban J connectivity index is 1.60. The second-order valence-corrected chi connectivity index (χ2v) is 9.42. The summed E-state index contributed by atoms with van der Waals surface area (Å²) in [4.78, 5) is 16.7. The summed E-state index contributed by atoms with van der Waals surface area (Å²) in [6, 6.07) is 16.0. The highest BCUT2D eigenvalue weighted by Crippen LogP contribution is 2.22. The second kappa shape index (κ2) is 15.8. The molecule has 0 aliphatic rings. The van der Waals surface area contributed by atoms with Crippen molar-refractivity contribution >= 4 is 5.91 Å². The van der Waals surface area contributed by atoms with Crippen LogP contribution in [0.1, 0.15) is 73.3 Å². The van der Waals surface area contributed by atoms with E-state index in [0.29, 0.717) is 32.5 Å². The van der Waals surface area contributed by atoms with Gasteiger partial charge in [0.1, 0.15) is 12.0 Å². The quantitative estimate of drug-likeness (QED) is 0.221. The van der Waals surface area contributed by atoms with Crippen molar-refractivity contribution in [1.82, 2.24) is 15.6 Å². The molecule has 0 saturated heterocycles. The third-order valence-corrected chi connectivity index (χ3v) is 6.32. The molecule has 0 saturated carbocycles. The topological polar surface area (TPSA) is 96.6 Å². The number of carbonyl (C=O) groups is 1. The molecular formula is C30H41N3O4. The molecule has 3 N–H and O–H groups in total. The molecule has 7 heteroatoms. The lowest BCUT2D eigenvalue weighted by Gasteiger charge is -2.23. The number of unbranched alkanes of at least 4 members (excludes halogenated alkanes) is 3. The van der Waals surface area contributed by atoms with Gasteiger partial charge in [-0.05, 0) is 48.4 Å². The molecule has 2 atom stereocenters. The van der Waals surface area contributed by atoms with Gasteiger partial charge in [-0.1, -0.05) is 75.6 Å². The Hall–Kier alpha value is -3.16. The maximum Gasteiger partial charge on any atom is 0.307 e.